The Kier molecular flexibility index (Phi) is 5.59. The Morgan fingerprint density at radius 2 is 2.07 bits per heavy atom. The molecule has 0 spiro atoms. The van der Waals surface area contributed by atoms with E-state index in [2.05, 4.69) is 5.10 Å². The number of rotatable bonds is 6. The summed E-state index contributed by atoms with van der Waals surface area (Å²) < 4.78 is 31.7. The van der Waals surface area contributed by atoms with Gasteiger partial charge >= 0.3 is 23.7 Å². The lowest BCUT2D eigenvalue weighted by molar-refractivity contribution is -0.140. The lowest BCUT2D eigenvalue weighted by atomic mass is 9.89. The summed E-state index contributed by atoms with van der Waals surface area (Å²) in [6, 6.07) is -1.49. The first-order chi connectivity index (χ1) is 12.5. The molecule has 1 aromatic heterocycles. The Bertz CT molecular complexity index is 973. The summed E-state index contributed by atoms with van der Waals surface area (Å²) in [5.41, 5.74) is -0.909. The molecule has 0 aromatic carbocycles. The van der Waals surface area contributed by atoms with Crippen molar-refractivity contribution in [2.75, 3.05) is 6.61 Å². The van der Waals surface area contributed by atoms with Gasteiger partial charge in [-0.15, -0.1) is 9.78 Å². The van der Waals surface area contributed by atoms with Gasteiger partial charge in [-0.1, -0.05) is 31.2 Å². The molecule has 148 valence electrons. The van der Waals surface area contributed by atoms with Gasteiger partial charge in [-0.25, -0.2) is 27.3 Å². The number of carbonyl (C=O) groups is 2. The number of nitrogens with one attached hydrogen (secondary N) is 1. The van der Waals surface area contributed by atoms with E-state index in [1.807, 2.05) is 6.92 Å². The van der Waals surface area contributed by atoms with Crippen molar-refractivity contribution in [3.8, 4) is 6.01 Å². The standard InChI is InChI=1S/C15H20N4O7S/c1-4-9-26-13-16-19(14(23)18(13)3)12(22)17-27(24,25)15(2)8-6-5-7-10(15)11(20)21/h5-8,10H,4,9H2,1-3H3,(H,17,22)(H,20,21). The SMILES string of the molecule is CCCOc1nn(C(=O)NS(=O)(=O)C2(C)C=CC=CC2C(=O)O)c(=O)n1C. The van der Waals surface area contributed by atoms with Crippen LogP contribution in [-0.4, -0.2) is 51.2 Å². The van der Waals surface area contributed by atoms with Gasteiger partial charge in [0.05, 0.1) is 12.5 Å². The van der Waals surface area contributed by atoms with Crippen LogP contribution in [0.3, 0.4) is 0 Å². The van der Waals surface area contributed by atoms with E-state index in [9.17, 15) is 27.9 Å². The molecule has 2 unspecified atom stereocenters. The Hall–Kier alpha value is -2.89. The van der Waals surface area contributed by atoms with Crippen LogP contribution < -0.4 is 15.1 Å². The average Bonchev–Trinajstić information content (AvgIpc) is 2.88. The average molecular weight is 400 g/mol. The number of carboxylic acid groups (broad SMARTS) is 1. The van der Waals surface area contributed by atoms with Gasteiger partial charge in [0.2, 0.25) is 10.0 Å². The first-order valence-corrected chi connectivity index (χ1v) is 9.48. The number of allylic oxidation sites excluding steroid dienone is 2. The molecule has 11 nitrogen and oxygen atoms in total. The zero-order valence-electron chi connectivity index (χ0n) is 14.9. The van der Waals surface area contributed by atoms with Crippen molar-refractivity contribution in [2.45, 2.75) is 25.0 Å². The monoisotopic (exact) mass is 400 g/mol. The van der Waals surface area contributed by atoms with E-state index in [4.69, 9.17) is 4.74 Å². The van der Waals surface area contributed by atoms with E-state index in [0.717, 1.165) is 4.57 Å². The van der Waals surface area contributed by atoms with Crippen molar-refractivity contribution in [3.05, 3.63) is 34.8 Å². The molecule has 0 saturated heterocycles. The molecule has 0 fully saturated rings. The minimum atomic E-state index is -4.53. The van der Waals surface area contributed by atoms with E-state index in [1.54, 1.807) is 4.72 Å². The highest BCUT2D eigenvalue weighted by molar-refractivity contribution is 7.91. The summed E-state index contributed by atoms with van der Waals surface area (Å²) in [6.45, 7) is 3.25. The smallest absolute Gasteiger partial charge is 0.360 e. The fourth-order valence-corrected chi connectivity index (χ4v) is 3.75. The van der Waals surface area contributed by atoms with Gasteiger partial charge in [0.25, 0.3) is 0 Å². The zero-order valence-corrected chi connectivity index (χ0v) is 15.8. The molecular formula is C15H20N4O7S. The summed E-state index contributed by atoms with van der Waals surface area (Å²) in [7, 11) is -3.22. The number of carboxylic acids is 1. The number of hydrogen-bond acceptors (Lipinski definition) is 7. The van der Waals surface area contributed by atoms with Gasteiger partial charge in [0.1, 0.15) is 4.75 Å². The summed E-state index contributed by atoms with van der Waals surface area (Å²) in [6.07, 6.45) is 5.77. The van der Waals surface area contributed by atoms with Crippen molar-refractivity contribution in [1.29, 1.82) is 0 Å². The number of aromatic nitrogens is 3. The van der Waals surface area contributed by atoms with E-state index < -0.39 is 38.4 Å². The summed E-state index contributed by atoms with van der Waals surface area (Å²) >= 11 is 0. The minimum absolute atomic E-state index is 0.149. The molecule has 1 amide bonds. The molecule has 1 aliphatic carbocycles. The second kappa shape index (κ2) is 7.39. The van der Waals surface area contributed by atoms with Gasteiger partial charge in [0.15, 0.2) is 0 Å². The normalized spacial score (nSPS) is 21.8. The van der Waals surface area contributed by atoms with Gasteiger partial charge < -0.3 is 9.84 Å². The van der Waals surface area contributed by atoms with E-state index in [-0.39, 0.29) is 12.6 Å². The molecule has 0 saturated carbocycles. The van der Waals surface area contributed by atoms with Crippen molar-refractivity contribution in [2.24, 2.45) is 13.0 Å². The Morgan fingerprint density at radius 1 is 1.41 bits per heavy atom. The van der Waals surface area contributed by atoms with Crippen LogP contribution in [-0.2, 0) is 21.9 Å². The minimum Gasteiger partial charge on any atom is -0.481 e. The highest BCUT2D eigenvalue weighted by Gasteiger charge is 2.48. The van der Waals surface area contributed by atoms with Gasteiger partial charge in [0, 0.05) is 7.05 Å². The third kappa shape index (κ3) is 3.65. The summed E-state index contributed by atoms with van der Waals surface area (Å²) in [5, 5.41) is 13.0. The van der Waals surface area contributed by atoms with Gasteiger partial charge in [-0.05, 0) is 13.3 Å². The highest BCUT2D eigenvalue weighted by atomic mass is 32.2. The molecule has 27 heavy (non-hydrogen) atoms. The molecule has 2 rings (SSSR count). The van der Waals surface area contributed by atoms with Crippen molar-refractivity contribution in [3.63, 3.8) is 0 Å². The lowest BCUT2D eigenvalue weighted by Crippen LogP contribution is -2.53. The predicted octanol–water partition coefficient (Wildman–Crippen LogP) is -0.156. The van der Waals surface area contributed by atoms with E-state index in [1.165, 1.54) is 38.3 Å². The number of ether oxygens (including phenoxy) is 1. The molecular weight excluding hydrogens is 380 g/mol. The number of sulfonamides is 1. The van der Waals surface area contributed by atoms with E-state index >= 15 is 0 Å². The molecule has 12 heteroatoms. The third-order valence-corrected chi connectivity index (χ3v) is 6.09. The van der Waals surface area contributed by atoms with Crippen LogP contribution in [0, 0.1) is 5.92 Å². The highest BCUT2D eigenvalue weighted by Crippen LogP contribution is 2.32. The first kappa shape index (κ1) is 20.4. The number of nitrogens with zero attached hydrogens (tertiary/aromatic N) is 3. The van der Waals surface area contributed by atoms with Crippen LogP contribution in [0.5, 0.6) is 6.01 Å². The number of aliphatic carboxylic acids is 1. The summed E-state index contributed by atoms with van der Waals surface area (Å²) in [5.74, 6) is -2.79. The molecule has 1 heterocycles. The topological polar surface area (TPSA) is 150 Å². The molecule has 1 aromatic rings. The molecule has 0 aliphatic heterocycles. The van der Waals surface area contributed by atoms with Crippen LogP contribution >= 0.6 is 0 Å². The number of hydrogen-bond donors (Lipinski definition) is 2. The van der Waals surface area contributed by atoms with Crippen LogP contribution in [0.15, 0.2) is 29.1 Å². The lowest BCUT2D eigenvalue weighted by Gasteiger charge is -2.31. The van der Waals surface area contributed by atoms with Crippen LogP contribution in [0.1, 0.15) is 20.3 Å². The van der Waals surface area contributed by atoms with Crippen molar-refractivity contribution >= 4 is 22.0 Å². The molecule has 0 radical (unpaired) electrons. The Morgan fingerprint density at radius 3 is 2.67 bits per heavy atom. The van der Waals surface area contributed by atoms with E-state index in [0.29, 0.717) is 11.1 Å². The second-order valence-electron chi connectivity index (χ2n) is 6.04. The largest absolute Gasteiger partial charge is 0.481 e. The van der Waals surface area contributed by atoms with Crippen LogP contribution in [0.25, 0.3) is 0 Å². The second-order valence-corrected chi connectivity index (χ2v) is 8.13. The molecule has 1 aliphatic rings. The Balaban J connectivity index is 2.34. The van der Waals surface area contributed by atoms with Crippen molar-refractivity contribution < 1.29 is 27.9 Å². The quantitative estimate of drug-likeness (QED) is 0.669. The summed E-state index contributed by atoms with van der Waals surface area (Å²) in [4.78, 5) is 35.9. The van der Waals surface area contributed by atoms with Crippen LogP contribution in [0.4, 0.5) is 4.79 Å². The van der Waals surface area contributed by atoms with Gasteiger partial charge in [-0.2, -0.15) is 0 Å². The van der Waals surface area contributed by atoms with Crippen LogP contribution in [0.2, 0.25) is 0 Å². The van der Waals surface area contributed by atoms with Gasteiger partial charge in [-0.3, -0.25) is 4.79 Å². The first-order valence-electron chi connectivity index (χ1n) is 7.99. The maximum absolute atomic E-state index is 12.7. The number of carbonyl (C=O) groups excluding carboxylic acids is 1. The van der Waals surface area contributed by atoms with Crippen molar-refractivity contribution in [1.82, 2.24) is 19.1 Å². The zero-order chi connectivity index (χ0) is 20.4. The fourth-order valence-electron chi connectivity index (χ4n) is 2.44. The molecule has 0 bridgehead atoms. The number of amides is 1. The fraction of sp³-hybridized carbons (Fsp3) is 0.467. The Labute approximate surface area is 155 Å². The maximum atomic E-state index is 12.7. The maximum Gasteiger partial charge on any atom is 0.360 e. The molecule has 2 atom stereocenters. The molecule has 2 N–H and O–H groups in total. The predicted molar refractivity (Wildman–Crippen MR) is 93.9 cm³/mol. The third-order valence-electron chi connectivity index (χ3n) is 4.09.